The largest absolute Gasteiger partial charge is 0.475 e. The molecule has 0 spiro atoms. The fourth-order valence-corrected chi connectivity index (χ4v) is 3.14. The van der Waals surface area contributed by atoms with Gasteiger partial charge in [-0.15, -0.1) is 0 Å². The van der Waals surface area contributed by atoms with Crippen LogP contribution in [-0.4, -0.2) is 45.8 Å². The topological polar surface area (TPSA) is 128 Å². The van der Waals surface area contributed by atoms with Crippen LogP contribution >= 0.6 is 0 Å². The fourth-order valence-electron chi connectivity index (χ4n) is 3.14. The summed E-state index contributed by atoms with van der Waals surface area (Å²) in [5.41, 5.74) is 2.91. The van der Waals surface area contributed by atoms with Crippen molar-refractivity contribution in [2.75, 3.05) is 6.61 Å². The van der Waals surface area contributed by atoms with Crippen molar-refractivity contribution >= 4 is 24.9 Å². The monoisotopic (exact) mass is 442 g/mol. The van der Waals surface area contributed by atoms with Crippen molar-refractivity contribution in [2.45, 2.75) is 18.8 Å². The number of nitrogens with zero attached hydrogens (tertiary/aromatic N) is 3. The Morgan fingerprint density at radius 1 is 1.09 bits per heavy atom. The maximum Gasteiger partial charge on any atom is 0.475 e. The molecule has 1 amide bonds. The third-order valence-corrected chi connectivity index (χ3v) is 4.77. The van der Waals surface area contributed by atoms with Gasteiger partial charge in [-0.25, -0.2) is 14.8 Å². The summed E-state index contributed by atoms with van der Waals surface area (Å²) >= 11 is 0. The van der Waals surface area contributed by atoms with E-state index in [2.05, 4.69) is 21.4 Å². The maximum absolute atomic E-state index is 12.1. The smallest absolute Gasteiger partial charge is 0.449 e. The highest BCUT2D eigenvalue weighted by Gasteiger charge is 2.26. The number of nitriles is 1. The molecule has 0 aliphatic carbocycles. The van der Waals surface area contributed by atoms with Crippen LogP contribution < -0.4 is 5.32 Å². The Kier molecular flexibility index (Phi) is 8.71. The van der Waals surface area contributed by atoms with Gasteiger partial charge in [-0.3, -0.25) is 0 Å². The van der Waals surface area contributed by atoms with E-state index >= 15 is 0 Å². The van der Waals surface area contributed by atoms with Crippen molar-refractivity contribution in [3.05, 3.63) is 95.6 Å². The van der Waals surface area contributed by atoms with E-state index in [4.69, 9.17) is 4.74 Å². The minimum absolute atomic E-state index is 0.103. The number of rotatable bonds is 9. The molecule has 166 valence electrons. The van der Waals surface area contributed by atoms with Crippen LogP contribution in [0, 0.1) is 11.3 Å². The summed E-state index contributed by atoms with van der Waals surface area (Å²) in [6.45, 7) is 0.103. The molecule has 0 fully saturated rings. The van der Waals surface area contributed by atoms with Gasteiger partial charge in [0.15, 0.2) is 5.82 Å². The molecular weight excluding hydrogens is 419 g/mol. The number of ether oxygens (including phenoxy) is 1. The van der Waals surface area contributed by atoms with Crippen LogP contribution in [0.5, 0.6) is 0 Å². The second-order valence-electron chi connectivity index (χ2n) is 7.23. The van der Waals surface area contributed by atoms with E-state index in [0.29, 0.717) is 17.8 Å². The highest BCUT2D eigenvalue weighted by atomic mass is 16.5. The van der Waals surface area contributed by atoms with Gasteiger partial charge in [-0.2, -0.15) is 5.26 Å². The zero-order valence-corrected chi connectivity index (χ0v) is 17.8. The SMILES string of the molecule is N#CC(=Cc1cccc(CCOC(=O)NC(Cc2ccccc2)B(O)O)c1)c1ncccn1. The summed E-state index contributed by atoms with van der Waals surface area (Å²) in [6, 6.07) is 20.5. The second kappa shape index (κ2) is 12.1. The first-order chi connectivity index (χ1) is 16.0. The molecule has 3 rings (SSSR count). The molecule has 3 N–H and O–H groups in total. The van der Waals surface area contributed by atoms with E-state index < -0.39 is 19.2 Å². The van der Waals surface area contributed by atoms with E-state index in [0.717, 1.165) is 16.7 Å². The van der Waals surface area contributed by atoms with Crippen molar-refractivity contribution in [1.82, 2.24) is 15.3 Å². The van der Waals surface area contributed by atoms with Crippen LogP contribution in [-0.2, 0) is 17.6 Å². The van der Waals surface area contributed by atoms with Crippen molar-refractivity contribution in [2.24, 2.45) is 0 Å². The van der Waals surface area contributed by atoms with Crippen LogP contribution in [0.2, 0.25) is 0 Å². The molecule has 0 radical (unpaired) electrons. The lowest BCUT2D eigenvalue weighted by atomic mass is 9.76. The quantitative estimate of drug-likeness (QED) is 0.343. The Balaban J connectivity index is 1.54. The van der Waals surface area contributed by atoms with E-state index in [1.807, 2.05) is 54.6 Å². The molecule has 0 saturated heterocycles. The average Bonchev–Trinajstić information content (AvgIpc) is 2.83. The van der Waals surface area contributed by atoms with Gasteiger partial charge in [0.05, 0.1) is 18.1 Å². The summed E-state index contributed by atoms with van der Waals surface area (Å²) in [4.78, 5) is 20.3. The summed E-state index contributed by atoms with van der Waals surface area (Å²) in [5, 5.41) is 31.1. The molecule has 2 aromatic carbocycles. The summed E-state index contributed by atoms with van der Waals surface area (Å²) < 4.78 is 5.22. The Labute approximate surface area is 192 Å². The summed E-state index contributed by atoms with van der Waals surface area (Å²) in [6.07, 6.45) is 4.83. The third kappa shape index (κ3) is 7.57. The number of carbonyl (C=O) groups excluding carboxylic acids is 1. The molecule has 33 heavy (non-hydrogen) atoms. The third-order valence-electron chi connectivity index (χ3n) is 4.77. The number of nitrogens with one attached hydrogen (secondary N) is 1. The van der Waals surface area contributed by atoms with Crippen LogP contribution in [0.4, 0.5) is 4.79 Å². The lowest BCUT2D eigenvalue weighted by Gasteiger charge is -2.17. The first kappa shape index (κ1) is 23.7. The standard InChI is InChI=1S/C24H23BN4O4/c26-17-21(23-27-11-5-12-28-23)15-20-9-4-8-19(14-20)10-13-33-24(30)29-22(25(31)32)16-18-6-2-1-3-7-18/h1-9,11-12,14-15,22,31-32H,10,13,16H2,(H,29,30). The van der Waals surface area contributed by atoms with E-state index in [1.165, 1.54) is 0 Å². The highest BCUT2D eigenvalue weighted by molar-refractivity contribution is 6.43. The Bertz CT molecular complexity index is 1120. The molecule has 9 heteroatoms. The summed E-state index contributed by atoms with van der Waals surface area (Å²) in [5.74, 6) is -0.542. The van der Waals surface area contributed by atoms with Crippen LogP contribution in [0.25, 0.3) is 11.6 Å². The van der Waals surface area contributed by atoms with E-state index in [-0.39, 0.29) is 13.0 Å². The number of allylic oxidation sites excluding steroid dienone is 1. The minimum Gasteiger partial charge on any atom is -0.449 e. The number of alkyl carbamates (subject to hydrolysis) is 1. The molecule has 0 aliphatic rings. The molecule has 1 heterocycles. The van der Waals surface area contributed by atoms with Gasteiger partial charge in [-0.1, -0.05) is 54.6 Å². The number of hydrogen-bond acceptors (Lipinski definition) is 7. The average molecular weight is 442 g/mol. The number of hydrogen-bond donors (Lipinski definition) is 3. The molecule has 0 saturated carbocycles. The molecule has 0 bridgehead atoms. The Morgan fingerprint density at radius 3 is 2.52 bits per heavy atom. The number of benzene rings is 2. The Hall–Kier alpha value is -4.00. The molecule has 1 unspecified atom stereocenters. The van der Waals surface area contributed by atoms with Crippen LogP contribution in [0.1, 0.15) is 22.5 Å². The van der Waals surface area contributed by atoms with E-state index in [1.54, 1.807) is 24.5 Å². The molecule has 1 atom stereocenters. The van der Waals surface area contributed by atoms with Gasteiger partial charge in [0.2, 0.25) is 0 Å². The molecule has 1 aromatic heterocycles. The normalized spacial score (nSPS) is 11.8. The zero-order valence-electron chi connectivity index (χ0n) is 17.8. The molecule has 8 nitrogen and oxygen atoms in total. The lowest BCUT2D eigenvalue weighted by molar-refractivity contribution is 0.144. The first-order valence-corrected chi connectivity index (χ1v) is 10.4. The van der Waals surface area contributed by atoms with Gasteiger partial charge in [0.1, 0.15) is 6.07 Å². The van der Waals surface area contributed by atoms with Gasteiger partial charge >= 0.3 is 13.2 Å². The van der Waals surface area contributed by atoms with Crippen molar-refractivity contribution in [1.29, 1.82) is 5.26 Å². The van der Waals surface area contributed by atoms with Crippen LogP contribution in [0.3, 0.4) is 0 Å². The van der Waals surface area contributed by atoms with Gasteiger partial charge in [-0.05, 0) is 35.3 Å². The van der Waals surface area contributed by atoms with Crippen molar-refractivity contribution < 1.29 is 19.6 Å². The van der Waals surface area contributed by atoms with Gasteiger partial charge < -0.3 is 20.1 Å². The van der Waals surface area contributed by atoms with Crippen LogP contribution in [0.15, 0.2) is 73.1 Å². The van der Waals surface area contributed by atoms with Crippen molar-refractivity contribution in [3.8, 4) is 6.07 Å². The highest BCUT2D eigenvalue weighted by Crippen LogP contribution is 2.15. The first-order valence-electron chi connectivity index (χ1n) is 10.4. The number of carbonyl (C=O) groups is 1. The number of amides is 1. The maximum atomic E-state index is 12.1. The number of aromatic nitrogens is 2. The molecule has 0 aliphatic heterocycles. The summed E-state index contributed by atoms with van der Waals surface area (Å²) in [7, 11) is -1.72. The lowest BCUT2D eigenvalue weighted by Crippen LogP contribution is -2.48. The predicted molar refractivity (Wildman–Crippen MR) is 124 cm³/mol. The zero-order chi connectivity index (χ0) is 23.5. The predicted octanol–water partition coefficient (Wildman–Crippen LogP) is 2.43. The van der Waals surface area contributed by atoms with Gasteiger partial charge in [0.25, 0.3) is 0 Å². The molecular formula is C24H23BN4O4. The Morgan fingerprint density at radius 2 is 1.82 bits per heavy atom. The minimum atomic E-state index is -1.72. The van der Waals surface area contributed by atoms with Crippen molar-refractivity contribution in [3.63, 3.8) is 0 Å². The fraction of sp³-hybridized carbons (Fsp3) is 0.167. The van der Waals surface area contributed by atoms with Gasteiger partial charge in [0, 0.05) is 18.8 Å². The second-order valence-corrected chi connectivity index (χ2v) is 7.23. The van der Waals surface area contributed by atoms with E-state index in [9.17, 15) is 20.1 Å². The molecule has 3 aromatic rings.